The van der Waals surface area contributed by atoms with E-state index in [0.29, 0.717) is 42.6 Å². The minimum Gasteiger partial charge on any atom is -0.423 e. The van der Waals surface area contributed by atoms with Crippen LogP contribution in [0.4, 0.5) is 5.95 Å². The van der Waals surface area contributed by atoms with Crippen LogP contribution in [-0.4, -0.2) is 37.1 Å². The van der Waals surface area contributed by atoms with Crippen LogP contribution in [0, 0.1) is 6.92 Å². The van der Waals surface area contributed by atoms with E-state index in [-0.39, 0.29) is 0 Å². The number of aromatic amines is 1. The number of hydrogen-bond acceptors (Lipinski definition) is 7. The topological polar surface area (TPSA) is 133 Å². The molecule has 0 aliphatic carbocycles. The number of rotatable bonds is 7. The van der Waals surface area contributed by atoms with Gasteiger partial charge in [0.2, 0.25) is 5.95 Å². The number of fused-ring (bicyclic) bond motifs is 1. The molecule has 0 atom stereocenters. The Morgan fingerprint density at radius 3 is 2.65 bits per heavy atom. The van der Waals surface area contributed by atoms with Gasteiger partial charge in [-0.1, -0.05) is 49.4 Å². The van der Waals surface area contributed by atoms with Crippen LogP contribution in [0.5, 0.6) is 0 Å². The molecule has 8 nitrogen and oxygen atoms in total. The van der Waals surface area contributed by atoms with Crippen LogP contribution in [0.2, 0.25) is 0 Å². The van der Waals surface area contributed by atoms with Gasteiger partial charge in [0, 0.05) is 36.2 Å². The molecule has 2 aromatic heterocycles. The van der Waals surface area contributed by atoms with Gasteiger partial charge < -0.3 is 26.1 Å². The third-order valence-corrected chi connectivity index (χ3v) is 5.25. The fourth-order valence-electron chi connectivity index (χ4n) is 3.68. The Labute approximate surface area is 180 Å². The predicted octanol–water partition coefficient (Wildman–Crippen LogP) is 1.64. The molecular formula is C22H25BN6O2. The standard InChI is InChI=1S/C22H25BN6O2/c1-3-18-27-21(19-13(2)26-20-15(11-24)7-5-9-17(19)20)29-22(28-18)25-12-14-6-4-8-16(10-14)23(30)31/h4-10,26,30-31H,3,11-12,24H2,1-2H3,(H,25,27,28,29). The summed E-state index contributed by atoms with van der Waals surface area (Å²) in [6, 6.07) is 13.1. The van der Waals surface area contributed by atoms with Crippen LogP contribution in [0.15, 0.2) is 42.5 Å². The van der Waals surface area contributed by atoms with Gasteiger partial charge in [-0.05, 0) is 23.5 Å². The van der Waals surface area contributed by atoms with Crippen molar-refractivity contribution in [3.63, 3.8) is 0 Å². The molecule has 0 spiro atoms. The number of hydrogen-bond donors (Lipinski definition) is 5. The molecule has 2 aromatic carbocycles. The Bertz CT molecular complexity index is 1220. The molecule has 0 fully saturated rings. The van der Waals surface area contributed by atoms with Gasteiger partial charge in [0.05, 0.1) is 5.52 Å². The second kappa shape index (κ2) is 8.85. The Balaban J connectivity index is 1.70. The number of benzene rings is 2. The van der Waals surface area contributed by atoms with Gasteiger partial charge in [0.25, 0.3) is 0 Å². The Morgan fingerprint density at radius 2 is 1.90 bits per heavy atom. The maximum absolute atomic E-state index is 9.39. The highest BCUT2D eigenvalue weighted by atomic mass is 16.4. The first-order chi connectivity index (χ1) is 15.0. The summed E-state index contributed by atoms with van der Waals surface area (Å²) in [5.74, 6) is 1.77. The predicted molar refractivity (Wildman–Crippen MR) is 123 cm³/mol. The van der Waals surface area contributed by atoms with Crippen molar-refractivity contribution in [1.29, 1.82) is 0 Å². The highest BCUT2D eigenvalue weighted by Crippen LogP contribution is 2.32. The number of nitrogens with one attached hydrogen (secondary N) is 2. The normalized spacial score (nSPS) is 11.1. The van der Waals surface area contributed by atoms with Crippen molar-refractivity contribution in [1.82, 2.24) is 19.9 Å². The summed E-state index contributed by atoms with van der Waals surface area (Å²) in [6.07, 6.45) is 0.672. The SMILES string of the molecule is CCc1nc(NCc2cccc(B(O)O)c2)nc(-c2c(C)[nH]c3c(CN)cccc23)n1. The van der Waals surface area contributed by atoms with E-state index in [9.17, 15) is 10.0 Å². The van der Waals surface area contributed by atoms with Crippen LogP contribution in [-0.2, 0) is 19.5 Å². The maximum atomic E-state index is 9.39. The number of aromatic nitrogens is 4. The molecule has 0 aliphatic rings. The van der Waals surface area contributed by atoms with Crippen molar-refractivity contribution in [3.05, 3.63) is 65.1 Å². The van der Waals surface area contributed by atoms with Gasteiger partial charge in [-0.2, -0.15) is 9.97 Å². The molecule has 0 bridgehead atoms. The monoisotopic (exact) mass is 416 g/mol. The quantitative estimate of drug-likeness (QED) is 0.289. The average Bonchev–Trinajstić information content (AvgIpc) is 3.13. The van der Waals surface area contributed by atoms with Gasteiger partial charge in [0.1, 0.15) is 5.82 Å². The van der Waals surface area contributed by atoms with Crippen molar-refractivity contribution in [2.45, 2.75) is 33.4 Å². The van der Waals surface area contributed by atoms with Crippen LogP contribution in [0.3, 0.4) is 0 Å². The lowest BCUT2D eigenvalue weighted by Crippen LogP contribution is -2.30. The summed E-state index contributed by atoms with van der Waals surface area (Å²) >= 11 is 0. The van der Waals surface area contributed by atoms with Crippen LogP contribution in [0.1, 0.15) is 29.6 Å². The number of para-hydroxylation sites is 1. The number of nitrogens with zero attached hydrogens (tertiary/aromatic N) is 3. The van der Waals surface area contributed by atoms with Gasteiger partial charge in [-0.15, -0.1) is 0 Å². The molecule has 0 unspecified atom stereocenters. The lowest BCUT2D eigenvalue weighted by Gasteiger charge is -2.10. The molecule has 2 heterocycles. The highest BCUT2D eigenvalue weighted by molar-refractivity contribution is 6.58. The second-order valence-electron chi connectivity index (χ2n) is 7.39. The van der Waals surface area contributed by atoms with Gasteiger partial charge in [-0.3, -0.25) is 0 Å². The molecular weight excluding hydrogens is 391 g/mol. The fourth-order valence-corrected chi connectivity index (χ4v) is 3.68. The van der Waals surface area contributed by atoms with E-state index in [0.717, 1.165) is 33.3 Å². The second-order valence-corrected chi connectivity index (χ2v) is 7.39. The average molecular weight is 416 g/mol. The van der Waals surface area contributed by atoms with Crippen LogP contribution >= 0.6 is 0 Å². The molecule has 4 rings (SSSR count). The summed E-state index contributed by atoms with van der Waals surface area (Å²) in [6.45, 7) is 4.90. The van der Waals surface area contributed by atoms with E-state index in [4.69, 9.17) is 5.73 Å². The number of anilines is 1. The van der Waals surface area contributed by atoms with E-state index in [1.54, 1.807) is 18.2 Å². The number of H-pyrrole nitrogens is 1. The summed E-state index contributed by atoms with van der Waals surface area (Å²) in [5, 5.41) is 23.0. The van der Waals surface area contributed by atoms with E-state index in [1.165, 1.54) is 0 Å². The summed E-state index contributed by atoms with van der Waals surface area (Å²) < 4.78 is 0. The molecule has 158 valence electrons. The van der Waals surface area contributed by atoms with Gasteiger partial charge in [0.15, 0.2) is 5.82 Å². The van der Waals surface area contributed by atoms with E-state index < -0.39 is 7.12 Å². The first-order valence-electron chi connectivity index (χ1n) is 10.2. The first kappa shape index (κ1) is 21.0. The zero-order valence-electron chi connectivity index (χ0n) is 17.6. The van der Waals surface area contributed by atoms with E-state index in [1.807, 2.05) is 38.1 Å². The van der Waals surface area contributed by atoms with E-state index >= 15 is 0 Å². The fraction of sp³-hybridized carbons (Fsp3) is 0.227. The van der Waals surface area contributed by atoms with Crippen molar-refractivity contribution in [2.75, 3.05) is 5.32 Å². The first-order valence-corrected chi connectivity index (χ1v) is 10.2. The van der Waals surface area contributed by atoms with Crippen molar-refractivity contribution >= 4 is 29.4 Å². The maximum Gasteiger partial charge on any atom is 0.488 e. The number of nitrogens with two attached hydrogens (primary N) is 1. The Hall–Kier alpha value is -3.27. The summed E-state index contributed by atoms with van der Waals surface area (Å²) in [7, 11) is -1.50. The molecule has 0 radical (unpaired) electrons. The lowest BCUT2D eigenvalue weighted by molar-refractivity contribution is 0.425. The third kappa shape index (κ3) is 4.29. The number of aryl methyl sites for hydroxylation is 2. The third-order valence-electron chi connectivity index (χ3n) is 5.25. The molecule has 6 N–H and O–H groups in total. The largest absolute Gasteiger partial charge is 0.488 e. The molecule has 0 saturated heterocycles. The molecule has 9 heteroatoms. The minimum atomic E-state index is -1.50. The van der Waals surface area contributed by atoms with Gasteiger partial charge >= 0.3 is 7.12 Å². The molecule has 0 amide bonds. The zero-order chi connectivity index (χ0) is 22.0. The minimum absolute atomic E-state index is 0.440. The summed E-state index contributed by atoms with van der Waals surface area (Å²) in [4.78, 5) is 17.3. The van der Waals surface area contributed by atoms with Gasteiger partial charge in [-0.25, -0.2) is 4.98 Å². The van der Waals surface area contributed by atoms with Crippen molar-refractivity contribution in [3.8, 4) is 11.4 Å². The zero-order valence-corrected chi connectivity index (χ0v) is 17.6. The molecule has 0 saturated carbocycles. The smallest absolute Gasteiger partial charge is 0.423 e. The Morgan fingerprint density at radius 1 is 1.10 bits per heavy atom. The molecule has 31 heavy (non-hydrogen) atoms. The van der Waals surface area contributed by atoms with Crippen LogP contribution < -0.4 is 16.5 Å². The van der Waals surface area contributed by atoms with Crippen molar-refractivity contribution < 1.29 is 10.0 Å². The molecule has 4 aromatic rings. The van der Waals surface area contributed by atoms with Crippen molar-refractivity contribution in [2.24, 2.45) is 5.73 Å². The Kier molecular flexibility index (Phi) is 5.99. The summed E-state index contributed by atoms with van der Waals surface area (Å²) in [5.41, 5.74) is 11.2. The lowest BCUT2D eigenvalue weighted by atomic mass is 9.80. The van der Waals surface area contributed by atoms with Crippen LogP contribution in [0.25, 0.3) is 22.3 Å². The molecule has 0 aliphatic heterocycles. The highest BCUT2D eigenvalue weighted by Gasteiger charge is 2.17. The van der Waals surface area contributed by atoms with E-state index in [2.05, 4.69) is 25.3 Å².